The summed E-state index contributed by atoms with van der Waals surface area (Å²) in [6.07, 6.45) is 1.92. The SMILES string of the molecule is Cc1cnc(C(C)(C)NCc2cscn2)s1. The monoisotopic (exact) mass is 253 g/mol. The van der Waals surface area contributed by atoms with Crippen molar-refractivity contribution >= 4 is 22.7 Å². The van der Waals surface area contributed by atoms with E-state index in [9.17, 15) is 0 Å². The zero-order valence-corrected chi connectivity index (χ0v) is 11.3. The van der Waals surface area contributed by atoms with Crippen molar-refractivity contribution in [2.75, 3.05) is 0 Å². The van der Waals surface area contributed by atoms with Crippen LogP contribution >= 0.6 is 22.7 Å². The Hall–Kier alpha value is -0.780. The van der Waals surface area contributed by atoms with Gasteiger partial charge in [-0.2, -0.15) is 0 Å². The molecule has 0 saturated carbocycles. The smallest absolute Gasteiger partial charge is 0.112 e. The average Bonchev–Trinajstić information content (AvgIpc) is 2.85. The number of nitrogens with zero attached hydrogens (tertiary/aromatic N) is 2. The molecule has 0 bridgehead atoms. The first kappa shape index (κ1) is 11.7. The highest BCUT2D eigenvalue weighted by Gasteiger charge is 2.23. The highest BCUT2D eigenvalue weighted by Crippen LogP contribution is 2.25. The van der Waals surface area contributed by atoms with E-state index in [-0.39, 0.29) is 5.54 Å². The molecule has 5 heteroatoms. The molecular formula is C11H15N3S2. The van der Waals surface area contributed by atoms with Crippen LogP contribution < -0.4 is 5.32 Å². The van der Waals surface area contributed by atoms with E-state index < -0.39 is 0 Å². The van der Waals surface area contributed by atoms with E-state index in [1.807, 2.05) is 11.7 Å². The molecule has 0 saturated heterocycles. The predicted molar refractivity (Wildman–Crippen MR) is 68.8 cm³/mol. The summed E-state index contributed by atoms with van der Waals surface area (Å²) < 4.78 is 0. The highest BCUT2D eigenvalue weighted by molar-refractivity contribution is 7.11. The molecule has 2 aromatic heterocycles. The fourth-order valence-electron chi connectivity index (χ4n) is 1.36. The van der Waals surface area contributed by atoms with E-state index >= 15 is 0 Å². The minimum atomic E-state index is -0.0947. The molecule has 0 radical (unpaired) electrons. The molecular weight excluding hydrogens is 238 g/mol. The summed E-state index contributed by atoms with van der Waals surface area (Å²) in [5.74, 6) is 0. The average molecular weight is 253 g/mol. The van der Waals surface area contributed by atoms with Crippen molar-refractivity contribution in [2.24, 2.45) is 0 Å². The second kappa shape index (κ2) is 4.61. The van der Waals surface area contributed by atoms with Crippen LogP contribution in [0.2, 0.25) is 0 Å². The van der Waals surface area contributed by atoms with Crippen molar-refractivity contribution in [1.29, 1.82) is 0 Å². The molecule has 2 heterocycles. The van der Waals surface area contributed by atoms with Crippen LogP contribution in [0.15, 0.2) is 17.1 Å². The molecule has 2 rings (SSSR count). The Labute approximate surface area is 104 Å². The van der Waals surface area contributed by atoms with E-state index in [1.54, 1.807) is 22.7 Å². The van der Waals surface area contributed by atoms with Gasteiger partial charge in [-0.25, -0.2) is 9.97 Å². The van der Waals surface area contributed by atoms with Crippen molar-refractivity contribution in [2.45, 2.75) is 32.9 Å². The summed E-state index contributed by atoms with van der Waals surface area (Å²) in [6, 6.07) is 0. The van der Waals surface area contributed by atoms with Gasteiger partial charge < -0.3 is 5.32 Å². The summed E-state index contributed by atoms with van der Waals surface area (Å²) in [7, 11) is 0. The van der Waals surface area contributed by atoms with Crippen LogP contribution in [0.4, 0.5) is 0 Å². The number of aromatic nitrogens is 2. The number of nitrogens with one attached hydrogen (secondary N) is 1. The first-order valence-electron chi connectivity index (χ1n) is 5.13. The van der Waals surface area contributed by atoms with Crippen LogP contribution in [-0.2, 0) is 12.1 Å². The van der Waals surface area contributed by atoms with Crippen molar-refractivity contribution in [3.8, 4) is 0 Å². The molecule has 0 fully saturated rings. The topological polar surface area (TPSA) is 37.8 Å². The van der Waals surface area contributed by atoms with Crippen molar-refractivity contribution in [3.63, 3.8) is 0 Å². The van der Waals surface area contributed by atoms with E-state index in [2.05, 4.69) is 41.4 Å². The van der Waals surface area contributed by atoms with Gasteiger partial charge >= 0.3 is 0 Å². The summed E-state index contributed by atoms with van der Waals surface area (Å²) in [5, 5.41) is 6.67. The van der Waals surface area contributed by atoms with E-state index in [0.29, 0.717) is 0 Å². The number of rotatable bonds is 4. The standard InChI is InChI=1S/C11H15N3S2/c1-8-4-12-10(16-8)11(2,3)14-5-9-6-15-7-13-9/h4,6-7,14H,5H2,1-3H3. The fraction of sp³-hybridized carbons (Fsp3) is 0.455. The number of aryl methyl sites for hydroxylation is 1. The van der Waals surface area contributed by atoms with Crippen LogP contribution in [0.5, 0.6) is 0 Å². The van der Waals surface area contributed by atoms with Gasteiger partial charge in [0.15, 0.2) is 0 Å². The lowest BCUT2D eigenvalue weighted by molar-refractivity contribution is 0.397. The molecule has 0 aliphatic carbocycles. The van der Waals surface area contributed by atoms with E-state index in [1.165, 1.54) is 4.88 Å². The van der Waals surface area contributed by atoms with Gasteiger partial charge in [-0.15, -0.1) is 22.7 Å². The largest absolute Gasteiger partial charge is 0.300 e. The zero-order chi connectivity index (χ0) is 11.6. The second-order valence-corrected chi connectivity index (χ2v) is 6.19. The van der Waals surface area contributed by atoms with E-state index in [4.69, 9.17) is 0 Å². The van der Waals surface area contributed by atoms with Gasteiger partial charge in [0.25, 0.3) is 0 Å². The van der Waals surface area contributed by atoms with Gasteiger partial charge in [0.2, 0.25) is 0 Å². The van der Waals surface area contributed by atoms with Crippen molar-refractivity contribution in [3.05, 3.63) is 32.7 Å². The summed E-state index contributed by atoms with van der Waals surface area (Å²) in [5.41, 5.74) is 2.85. The zero-order valence-electron chi connectivity index (χ0n) is 9.65. The van der Waals surface area contributed by atoms with Crippen LogP contribution in [-0.4, -0.2) is 9.97 Å². The van der Waals surface area contributed by atoms with Gasteiger partial charge in [-0.3, -0.25) is 0 Å². The second-order valence-electron chi connectivity index (χ2n) is 4.23. The first-order valence-corrected chi connectivity index (χ1v) is 6.89. The summed E-state index contributed by atoms with van der Waals surface area (Å²) in [4.78, 5) is 9.93. The Balaban J connectivity index is 2.02. The molecule has 0 spiro atoms. The molecule has 0 aliphatic rings. The maximum atomic E-state index is 4.43. The molecule has 86 valence electrons. The van der Waals surface area contributed by atoms with Crippen LogP contribution in [0.25, 0.3) is 0 Å². The minimum absolute atomic E-state index is 0.0947. The van der Waals surface area contributed by atoms with Crippen LogP contribution in [0.1, 0.15) is 29.4 Å². The van der Waals surface area contributed by atoms with Gasteiger partial charge in [-0.05, 0) is 20.8 Å². The summed E-state index contributed by atoms with van der Waals surface area (Å²) in [6.45, 7) is 7.17. The third-order valence-corrected chi connectivity index (χ3v) is 4.22. The Morgan fingerprint density at radius 1 is 1.38 bits per heavy atom. The van der Waals surface area contributed by atoms with E-state index in [0.717, 1.165) is 17.2 Å². The Morgan fingerprint density at radius 3 is 2.75 bits per heavy atom. The Morgan fingerprint density at radius 2 is 2.19 bits per heavy atom. The highest BCUT2D eigenvalue weighted by atomic mass is 32.1. The lowest BCUT2D eigenvalue weighted by Crippen LogP contribution is -2.35. The minimum Gasteiger partial charge on any atom is -0.300 e. The van der Waals surface area contributed by atoms with Crippen molar-refractivity contribution < 1.29 is 0 Å². The molecule has 1 N–H and O–H groups in total. The molecule has 0 aliphatic heterocycles. The maximum Gasteiger partial charge on any atom is 0.112 e. The Bertz CT molecular complexity index is 446. The predicted octanol–water partition coefficient (Wildman–Crippen LogP) is 2.93. The van der Waals surface area contributed by atoms with Gasteiger partial charge in [-0.1, -0.05) is 0 Å². The molecule has 2 aromatic rings. The van der Waals surface area contributed by atoms with Crippen LogP contribution in [0.3, 0.4) is 0 Å². The molecule has 16 heavy (non-hydrogen) atoms. The fourth-order valence-corrected chi connectivity index (χ4v) is 2.76. The molecule has 0 amide bonds. The molecule has 3 nitrogen and oxygen atoms in total. The Kier molecular flexibility index (Phi) is 3.37. The van der Waals surface area contributed by atoms with Crippen LogP contribution in [0, 0.1) is 6.92 Å². The number of hydrogen-bond donors (Lipinski definition) is 1. The van der Waals surface area contributed by atoms with Gasteiger partial charge in [0, 0.05) is 23.0 Å². The third-order valence-electron chi connectivity index (χ3n) is 2.35. The van der Waals surface area contributed by atoms with Crippen molar-refractivity contribution in [1.82, 2.24) is 15.3 Å². The van der Waals surface area contributed by atoms with Gasteiger partial charge in [0.1, 0.15) is 5.01 Å². The normalized spacial score (nSPS) is 11.9. The third kappa shape index (κ3) is 2.66. The molecule has 0 aromatic carbocycles. The molecule has 0 atom stereocenters. The maximum absolute atomic E-state index is 4.43. The number of thiazole rings is 2. The van der Waals surface area contributed by atoms with Gasteiger partial charge in [0.05, 0.1) is 16.7 Å². The summed E-state index contributed by atoms with van der Waals surface area (Å²) >= 11 is 3.37. The number of hydrogen-bond acceptors (Lipinski definition) is 5. The quantitative estimate of drug-likeness (QED) is 0.910. The molecule has 0 unspecified atom stereocenters. The first-order chi connectivity index (χ1) is 7.58. The lowest BCUT2D eigenvalue weighted by Gasteiger charge is -2.23. The lowest BCUT2D eigenvalue weighted by atomic mass is 10.1.